The zero-order valence-corrected chi connectivity index (χ0v) is 14.5. The minimum Gasteiger partial charge on any atom is -0.494 e. The molecule has 0 saturated heterocycles. The zero-order chi connectivity index (χ0) is 17.4. The van der Waals surface area contributed by atoms with Gasteiger partial charge in [0.15, 0.2) is 6.10 Å². The van der Waals surface area contributed by atoms with Crippen LogP contribution >= 0.6 is 0 Å². The number of rotatable bonds is 8. The van der Waals surface area contributed by atoms with Crippen LogP contribution in [0.5, 0.6) is 11.5 Å². The predicted molar refractivity (Wildman–Crippen MR) is 96.7 cm³/mol. The van der Waals surface area contributed by atoms with E-state index in [-0.39, 0.29) is 5.91 Å². The normalized spacial score (nSPS) is 11.6. The number of para-hydroxylation sites is 1. The van der Waals surface area contributed by atoms with Gasteiger partial charge in [-0.2, -0.15) is 0 Å². The lowest BCUT2D eigenvalue weighted by atomic mass is 10.2. The van der Waals surface area contributed by atoms with Crippen LogP contribution in [-0.4, -0.2) is 18.6 Å². The molecule has 0 unspecified atom stereocenters. The summed E-state index contributed by atoms with van der Waals surface area (Å²) in [4.78, 5) is 12.3. The number of benzene rings is 2. The molecule has 24 heavy (non-hydrogen) atoms. The van der Waals surface area contributed by atoms with E-state index in [0.29, 0.717) is 6.61 Å². The van der Waals surface area contributed by atoms with Crippen molar-refractivity contribution >= 4 is 11.6 Å². The molecule has 0 radical (unpaired) electrons. The number of ether oxygens (including phenoxy) is 2. The maximum absolute atomic E-state index is 12.3. The number of amides is 1. The molecule has 1 atom stereocenters. The second-order valence-corrected chi connectivity index (χ2v) is 5.74. The third kappa shape index (κ3) is 5.30. The van der Waals surface area contributed by atoms with Crippen molar-refractivity contribution < 1.29 is 14.3 Å². The average molecular weight is 327 g/mol. The van der Waals surface area contributed by atoms with E-state index in [1.807, 2.05) is 55.5 Å². The minimum atomic E-state index is -0.577. The molecule has 0 saturated carbocycles. The van der Waals surface area contributed by atoms with E-state index in [2.05, 4.69) is 12.2 Å². The van der Waals surface area contributed by atoms with Gasteiger partial charge < -0.3 is 14.8 Å². The van der Waals surface area contributed by atoms with E-state index in [1.54, 1.807) is 6.92 Å². The van der Waals surface area contributed by atoms with Crippen molar-refractivity contribution in [3.63, 3.8) is 0 Å². The van der Waals surface area contributed by atoms with Gasteiger partial charge in [0, 0.05) is 5.69 Å². The van der Waals surface area contributed by atoms with E-state index in [9.17, 15) is 4.79 Å². The number of nitrogens with one attached hydrogen (secondary N) is 1. The van der Waals surface area contributed by atoms with Crippen molar-refractivity contribution in [3.8, 4) is 11.5 Å². The molecule has 0 heterocycles. The highest BCUT2D eigenvalue weighted by Crippen LogP contribution is 2.19. The highest BCUT2D eigenvalue weighted by atomic mass is 16.5. The number of hydrogen-bond acceptors (Lipinski definition) is 3. The van der Waals surface area contributed by atoms with Gasteiger partial charge >= 0.3 is 0 Å². The SMILES string of the molecule is CCCCOc1ccc(NC(=O)[C@@H](C)Oc2ccccc2C)cc1. The van der Waals surface area contributed by atoms with Gasteiger partial charge in [0.25, 0.3) is 5.91 Å². The third-order valence-electron chi connectivity index (χ3n) is 3.66. The molecular formula is C20H25NO3. The topological polar surface area (TPSA) is 47.6 Å². The average Bonchev–Trinajstić information content (AvgIpc) is 2.58. The summed E-state index contributed by atoms with van der Waals surface area (Å²) in [6.07, 6.45) is 1.56. The summed E-state index contributed by atoms with van der Waals surface area (Å²) >= 11 is 0. The Morgan fingerprint density at radius 2 is 1.83 bits per heavy atom. The number of anilines is 1. The van der Waals surface area contributed by atoms with E-state index in [0.717, 1.165) is 35.6 Å². The van der Waals surface area contributed by atoms with Crippen molar-refractivity contribution in [2.75, 3.05) is 11.9 Å². The maximum atomic E-state index is 12.3. The first kappa shape index (κ1) is 17.9. The van der Waals surface area contributed by atoms with Crippen molar-refractivity contribution in [1.82, 2.24) is 0 Å². The lowest BCUT2D eigenvalue weighted by molar-refractivity contribution is -0.122. The van der Waals surface area contributed by atoms with E-state index < -0.39 is 6.10 Å². The van der Waals surface area contributed by atoms with Crippen LogP contribution in [0.3, 0.4) is 0 Å². The quantitative estimate of drug-likeness (QED) is 0.722. The molecule has 2 aromatic carbocycles. The fourth-order valence-corrected chi connectivity index (χ4v) is 2.15. The molecule has 1 N–H and O–H groups in total. The summed E-state index contributed by atoms with van der Waals surface area (Å²) in [6.45, 7) is 6.53. The number of carbonyl (C=O) groups is 1. The molecule has 0 fully saturated rings. The lowest BCUT2D eigenvalue weighted by Gasteiger charge is -2.16. The number of aryl methyl sites for hydroxylation is 1. The van der Waals surface area contributed by atoms with Crippen LogP contribution in [0.25, 0.3) is 0 Å². The molecule has 0 aliphatic heterocycles. The smallest absolute Gasteiger partial charge is 0.265 e. The van der Waals surface area contributed by atoms with Crippen molar-refractivity contribution in [2.24, 2.45) is 0 Å². The van der Waals surface area contributed by atoms with Crippen molar-refractivity contribution in [1.29, 1.82) is 0 Å². The summed E-state index contributed by atoms with van der Waals surface area (Å²) < 4.78 is 11.3. The molecule has 0 aromatic heterocycles. The van der Waals surface area contributed by atoms with Gasteiger partial charge in [-0.3, -0.25) is 4.79 Å². The maximum Gasteiger partial charge on any atom is 0.265 e. The van der Waals surface area contributed by atoms with Gasteiger partial charge in [0.1, 0.15) is 11.5 Å². The first-order valence-corrected chi connectivity index (χ1v) is 8.36. The summed E-state index contributed by atoms with van der Waals surface area (Å²) in [5, 5.41) is 2.86. The van der Waals surface area contributed by atoms with Crippen LogP contribution in [-0.2, 0) is 4.79 Å². The van der Waals surface area contributed by atoms with Gasteiger partial charge in [-0.15, -0.1) is 0 Å². The Hall–Kier alpha value is -2.49. The summed E-state index contributed by atoms with van der Waals surface area (Å²) in [7, 11) is 0. The Morgan fingerprint density at radius 1 is 1.12 bits per heavy atom. The first-order chi connectivity index (χ1) is 11.6. The molecule has 2 rings (SSSR count). The highest BCUT2D eigenvalue weighted by Gasteiger charge is 2.15. The highest BCUT2D eigenvalue weighted by molar-refractivity contribution is 5.94. The van der Waals surface area contributed by atoms with E-state index in [1.165, 1.54) is 0 Å². The lowest BCUT2D eigenvalue weighted by Crippen LogP contribution is -2.30. The van der Waals surface area contributed by atoms with Gasteiger partial charge in [0.2, 0.25) is 0 Å². The summed E-state index contributed by atoms with van der Waals surface area (Å²) in [5.41, 5.74) is 1.73. The monoisotopic (exact) mass is 327 g/mol. The molecular weight excluding hydrogens is 302 g/mol. The first-order valence-electron chi connectivity index (χ1n) is 8.36. The number of unbranched alkanes of at least 4 members (excludes halogenated alkanes) is 1. The van der Waals surface area contributed by atoms with Gasteiger partial charge in [0.05, 0.1) is 6.61 Å². The largest absolute Gasteiger partial charge is 0.494 e. The summed E-state index contributed by atoms with van der Waals surface area (Å²) in [5.74, 6) is 1.35. The second kappa shape index (κ2) is 8.96. The molecule has 4 nitrogen and oxygen atoms in total. The van der Waals surface area contributed by atoms with Crippen molar-refractivity contribution in [3.05, 3.63) is 54.1 Å². The number of hydrogen-bond donors (Lipinski definition) is 1. The fraction of sp³-hybridized carbons (Fsp3) is 0.350. The molecule has 4 heteroatoms. The standard InChI is InChI=1S/C20H25NO3/c1-4-5-14-23-18-12-10-17(11-13-18)21-20(22)16(3)24-19-9-7-6-8-15(19)2/h6-13,16H,4-5,14H2,1-3H3,(H,21,22)/t16-/m1/s1. The van der Waals surface area contributed by atoms with E-state index in [4.69, 9.17) is 9.47 Å². The van der Waals surface area contributed by atoms with Gasteiger partial charge in [-0.1, -0.05) is 31.5 Å². The zero-order valence-electron chi connectivity index (χ0n) is 14.5. The van der Waals surface area contributed by atoms with Crippen LogP contribution < -0.4 is 14.8 Å². The van der Waals surface area contributed by atoms with Crippen LogP contribution in [0.4, 0.5) is 5.69 Å². The molecule has 0 spiro atoms. The Morgan fingerprint density at radius 3 is 2.50 bits per heavy atom. The fourth-order valence-electron chi connectivity index (χ4n) is 2.15. The second-order valence-electron chi connectivity index (χ2n) is 5.74. The third-order valence-corrected chi connectivity index (χ3v) is 3.66. The Kier molecular flexibility index (Phi) is 6.67. The van der Waals surface area contributed by atoms with Gasteiger partial charge in [-0.05, 0) is 56.2 Å². The summed E-state index contributed by atoms with van der Waals surface area (Å²) in [6, 6.07) is 15.0. The Balaban J connectivity index is 1.88. The number of carbonyl (C=O) groups excluding carboxylic acids is 1. The molecule has 128 valence electrons. The van der Waals surface area contributed by atoms with E-state index >= 15 is 0 Å². The Bertz CT molecular complexity index is 652. The molecule has 0 aliphatic rings. The predicted octanol–water partition coefficient (Wildman–Crippen LogP) is 4.58. The minimum absolute atomic E-state index is 0.182. The van der Waals surface area contributed by atoms with Gasteiger partial charge in [-0.25, -0.2) is 0 Å². The molecule has 1 amide bonds. The van der Waals surface area contributed by atoms with Crippen LogP contribution in [0, 0.1) is 6.92 Å². The van der Waals surface area contributed by atoms with Crippen LogP contribution in [0.2, 0.25) is 0 Å². The Labute approximate surface area is 143 Å². The van der Waals surface area contributed by atoms with Crippen molar-refractivity contribution in [2.45, 2.75) is 39.7 Å². The molecule has 2 aromatic rings. The molecule has 0 bridgehead atoms. The molecule has 0 aliphatic carbocycles. The van der Waals surface area contributed by atoms with Crippen LogP contribution in [0.15, 0.2) is 48.5 Å². The van der Waals surface area contributed by atoms with Crippen LogP contribution in [0.1, 0.15) is 32.3 Å².